The van der Waals surface area contributed by atoms with Crippen LogP contribution in [0.3, 0.4) is 0 Å². The van der Waals surface area contributed by atoms with Crippen molar-refractivity contribution in [2.24, 2.45) is 5.41 Å². The van der Waals surface area contributed by atoms with Gasteiger partial charge in [-0.05, 0) is 31.4 Å². The van der Waals surface area contributed by atoms with E-state index in [-0.39, 0.29) is 17.9 Å². The molecule has 0 unspecified atom stereocenters. The molecule has 0 fully saturated rings. The number of carboxylic acid groups (broad SMARTS) is 1. The molecule has 0 aliphatic rings. The first kappa shape index (κ1) is 15.3. The van der Waals surface area contributed by atoms with Crippen LogP contribution in [0.5, 0.6) is 5.75 Å². The van der Waals surface area contributed by atoms with Crippen molar-refractivity contribution >= 4 is 11.7 Å². The first-order valence-corrected chi connectivity index (χ1v) is 6.51. The summed E-state index contributed by atoms with van der Waals surface area (Å²) in [6.45, 7) is 8.40. The van der Waals surface area contributed by atoms with Gasteiger partial charge in [0.15, 0.2) is 0 Å². The smallest absolute Gasteiger partial charge is 0.303 e. The van der Waals surface area contributed by atoms with E-state index in [0.29, 0.717) is 6.54 Å². The zero-order chi connectivity index (χ0) is 14.5. The number of hydrogen-bond donors (Lipinski definition) is 2. The molecule has 1 aromatic rings. The van der Waals surface area contributed by atoms with Crippen molar-refractivity contribution in [2.45, 2.75) is 40.2 Å². The molecule has 0 bridgehead atoms. The van der Waals surface area contributed by atoms with Gasteiger partial charge in [0, 0.05) is 6.54 Å². The molecule has 0 saturated heterocycles. The molecule has 0 aliphatic carbocycles. The first-order valence-electron chi connectivity index (χ1n) is 6.51. The predicted octanol–water partition coefficient (Wildman–Crippen LogP) is 3.39. The SMILES string of the molecule is CC(C)Oc1ccccc1NCC(C)(C)CC(=O)O. The van der Waals surface area contributed by atoms with Crippen LogP contribution in [0.1, 0.15) is 34.1 Å². The van der Waals surface area contributed by atoms with Gasteiger partial charge in [0.2, 0.25) is 0 Å². The summed E-state index contributed by atoms with van der Waals surface area (Å²) in [6, 6.07) is 7.70. The molecule has 0 atom stereocenters. The second kappa shape index (κ2) is 6.45. The number of carbonyl (C=O) groups is 1. The summed E-state index contributed by atoms with van der Waals surface area (Å²) in [7, 11) is 0. The second-order valence-corrected chi connectivity index (χ2v) is 5.75. The van der Waals surface area contributed by atoms with Gasteiger partial charge in [0.25, 0.3) is 0 Å². The predicted molar refractivity (Wildman–Crippen MR) is 76.7 cm³/mol. The van der Waals surface area contributed by atoms with E-state index in [9.17, 15) is 4.79 Å². The fraction of sp³-hybridized carbons (Fsp3) is 0.533. The molecule has 0 radical (unpaired) electrons. The van der Waals surface area contributed by atoms with E-state index in [1.807, 2.05) is 52.0 Å². The second-order valence-electron chi connectivity index (χ2n) is 5.75. The van der Waals surface area contributed by atoms with Gasteiger partial charge in [0.1, 0.15) is 5.75 Å². The highest BCUT2D eigenvalue weighted by atomic mass is 16.5. The zero-order valence-corrected chi connectivity index (χ0v) is 12.1. The van der Waals surface area contributed by atoms with Crippen molar-refractivity contribution in [1.29, 1.82) is 0 Å². The van der Waals surface area contributed by atoms with E-state index in [2.05, 4.69) is 5.32 Å². The lowest BCUT2D eigenvalue weighted by Gasteiger charge is -2.24. The summed E-state index contributed by atoms with van der Waals surface area (Å²) >= 11 is 0. The van der Waals surface area contributed by atoms with E-state index in [1.54, 1.807) is 0 Å². The van der Waals surface area contributed by atoms with Crippen LogP contribution in [0.25, 0.3) is 0 Å². The topological polar surface area (TPSA) is 58.6 Å². The standard InChI is InChI=1S/C15H23NO3/c1-11(2)19-13-8-6-5-7-12(13)16-10-15(3,4)9-14(17)18/h5-8,11,16H,9-10H2,1-4H3,(H,17,18). The third kappa shape index (κ3) is 5.64. The Bertz CT molecular complexity index is 427. The Morgan fingerprint density at radius 3 is 2.58 bits per heavy atom. The lowest BCUT2D eigenvalue weighted by Crippen LogP contribution is -2.26. The third-order valence-electron chi connectivity index (χ3n) is 2.64. The number of rotatable bonds is 7. The quantitative estimate of drug-likeness (QED) is 0.793. The molecule has 1 rings (SSSR count). The highest BCUT2D eigenvalue weighted by molar-refractivity contribution is 5.67. The van der Waals surface area contributed by atoms with Gasteiger partial charge in [0.05, 0.1) is 18.2 Å². The molecule has 1 aromatic carbocycles. The first-order chi connectivity index (χ1) is 8.80. The molecule has 4 nitrogen and oxygen atoms in total. The summed E-state index contributed by atoms with van der Waals surface area (Å²) in [5.74, 6) is 0.0159. The molecule has 0 heterocycles. The molecule has 19 heavy (non-hydrogen) atoms. The van der Waals surface area contributed by atoms with E-state index < -0.39 is 5.97 Å². The van der Waals surface area contributed by atoms with Gasteiger partial charge >= 0.3 is 5.97 Å². The Morgan fingerprint density at radius 2 is 2.00 bits per heavy atom. The van der Waals surface area contributed by atoms with Crippen molar-refractivity contribution in [3.63, 3.8) is 0 Å². The summed E-state index contributed by atoms with van der Waals surface area (Å²) < 4.78 is 5.71. The molecule has 0 aliphatic heterocycles. The number of hydrogen-bond acceptors (Lipinski definition) is 3. The lowest BCUT2D eigenvalue weighted by molar-refractivity contribution is -0.139. The highest BCUT2D eigenvalue weighted by Crippen LogP contribution is 2.27. The maximum atomic E-state index is 10.8. The molecule has 0 spiro atoms. The van der Waals surface area contributed by atoms with Crippen molar-refractivity contribution in [3.05, 3.63) is 24.3 Å². The maximum Gasteiger partial charge on any atom is 0.303 e. The van der Waals surface area contributed by atoms with Gasteiger partial charge < -0.3 is 15.2 Å². The minimum absolute atomic E-state index is 0.106. The van der Waals surface area contributed by atoms with Crippen molar-refractivity contribution < 1.29 is 14.6 Å². The highest BCUT2D eigenvalue weighted by Gasteiger charge is 2.22. The zero-order valence-electron chi connectivity index (χ0n) is 12.1. The number of carboxylic acids is 1. The molecule has 4 heteroatoms. The van der Waals surface area contributed by atoms with E-state index in [0.717, 1.165) is 11.4 Å². The van der Waals surface area contributed by atoms with Crippen molar-refractivity contribution in [1.82, 2.24) is 0 Å². The van der Waals surface area contributed by atoms with Crippen LogP contribution in [0.4, 0.5) is 5.69 Å². The van der Waals surface area contributed by atoms with Gasteiger partial charge in [-0.1, -0.05) is 26.0 Å². The normalized spacial score (nSPS) is 11.4. The number of para-hydroxylation sites is 2. The van der Waals surface area contributed by atoms with Crippen LogP contribution >= 0.6 is 0 Å². The summed E-state index contributed by atoms with van der Waals surface area (Å²) in [4.78, 5) is 10.8. The number of benzene rings is 1. The van der Waals surface area contributed by atoms with Crippen LogP contribution in [0, 0.1) is 5.41 Å². The molecular weight excluding hydrogens is 242 g/mol. The molecule has 106 valence electrons. The van der Waals surface area contributed by atoms with Crippen LogP contribution in [0.2, 0.25) is 0 Å². The fourth-order valence-corrected chi connectivity index (χ4v) is 1.78. The summed E-state index contributed by atoms with van der Waals surface area (Å²) in [5, 5.41) is 12.1. The average Bonchev–Trinajstić information content (AvgIpc) is 2.25. The van der Waals surface area contributed by atoms with Gasteiger partial charge in [-0.25, -0.2) is 0 Å². The lowest BCUT2D eigenvalue weighted by atomic mass is 9.89. The average molecular weight is 265 g/mol. The van der Waals surface area contributed by atoms with Gasteiger partial charge in [-0.2, -0.15) is 0 Å². The summed E-state index contributed by atoms with van der Waals surface area (Å²) in [5.41, 5.74) is 0.589. The van der Waals surface area contributed by atoms with Crippen LogP contribution < -0.4 is 10.1 Å². The minimum atomic E-state index is -0.779. The third-order valence-corrected chi connectivity index (χ3v) is 2.64. The summed E-state index contributed by atoms with van der Waals surface area (Å²) in [6.07, 6.45) is 0.239. The van der Waals surface area contributed by atoms with Crippen LogP contribution in [0.15, 0.2) is 24.3 Å². The Hall–Kier alpha value is -1.71. The molecule has 0 saturated carbocycles. The Balaban J connectivity index is 2.69. The van der Waals surface area contributed by atoms with Crippen molar-refractivity contribution in [2.75, 3.05) is 11.9 Å². The Kier molecular flexibility index (Phi) is 5.21. The number of anilines is 1. The largest absolute Gasteiger partial charge is 0.489 e. The van der Waals surface area contributed by atoms with E-state index in [4.69, 9.17) is 9.84 Å². The van der Waals surface area contributed by atoms with Crippen LogP contribution in [-0.2, 0) is 4.79 Å². The molecule has 0 amide bonds. The Labute approximate surface area is 114 Å². The van der Waals surface area contributed by atoms with Gasteiger partial charge in [-0.3, -0.25) is 4.79 Å². The van der Waals surface area contributed by atoms with E-state index in [1.165, 1.54) is 0 Å². The Morgan fingerprint density at radius 1 is 1.37 bits per heavy atom. The minimum Gasteiger partial charge on any atom is -0.489 e. The molecule has 2 N–H and O–H groups in total. The number of ether oxygens (including phenoxy) is 1. The van der Waals surface area contributed by atoms with Crippen molar-refractivity contribution in [3.8, 4) is 5.75 Å². The molecule has 0 aromatic heterocycles. The molecular formula is C15H23NO3. The van der Waals surface area contributed by atoms with Crippen LogP contribution in [-0.4, -0.2) is 23.7 Å². The number of aliphatic carboxylic acids is 1. The monoisotopic (exact) mass is 265 g/mol. The fourth-order valence-electron chi connectivity index (χ4n) is 1.78. The maximum absolute atomic E-state index is 10.8. The van der Waals surface area contributed by atoms with Gasteiger partial charge in [-0.15, -0.1) is 0 Å². The van der Waals surface area contributed by atoms with E-state index >= 15 is 0 Å². The number of nitrogens with one attached hydrogen (secondary N) is 1.